The van der Waals surface area contributed by atoms with E-state index in [-0.39, 0.29) is 17.7 Å². The Balaban J connectivity index is 1.33. The van der Waals surface area contributed by atoms with Crippen LogP contribution in [0.2, 0.25) is 0 Å². The second-order valence-corrected chi connectivity index (χ2v) is 11.6. The Bertz CT molecular complexity index is 1240. The molecule has 3 aliphatic carbocycles. The number of para-hydroxylation sites is 1. The van der Waals surface area contributed by atoms with Crippen molar-refractivity contribution in [3.63, 3.8) is 0 Å². The number of benzene rings is 2. The van der Waals surface area contributed by atoms with Crippen molar-refractivity contribution < 1.29 is 24.6 Å². The Kier molecular flexibility index (Phi) is 4.75. The predicted octanol–water partition coefficient (Wildman–Crippen LogP) is 3.48. The van der Waals surface area contributed by atoms with Gasteiger partial charge in [0.1, 0.15) is 12.1 Å². The number of amides is 1. The first-order valence-corrected chi connectivity index (χ1v) is 13.4. The molecule has 3 fully saturated rings. The van der Waals surface area contributed by atoms with Gasteiger partial charge in [0, 0.05) is 25.1 Å². The average molecular weight is 491 g/mol. The Morgan fingerprint density at radius 3 is 2.75 bits per heavy atom. The van der Waals surface area contributed by atoms with E-state index in [0.717, 1.165) is 48.5 Å². The fourth-order valence-corrected chi connectivity index (χ4v) is 7.83. The quantitative estimate of drug-likeness (QED) is 0.625. The van der Waals surface area contributed by atoms with Gasteiger partial charge in [0.05, 0.1) is 11.0 Å². The molecule has 2 heterocycles. The highest BCUT2D eigenvalue weighted by Gasteiger charge is 2.74. The lowest BCUT2D eigenvalue weighted by Crippen LogP contribution is -2.78. The molecule has 5 aliphatic rings. The zero-order valence-corrected chi connectivity index (χ0v) is 20.9. The van der Waals surface area contributed by atoms with Gasteiger partial charge >= 0.3 is 0 Å². The van der Waals surface area contributed by atoms with E-state index in [1.807, 2.05) is 37.3 Å². The zero-order chi connectivity index (χ0) is 24.8. The molecule has 1 saturated heterocycles. The summed E-state index contributed by atoms with van der Waals surface area (Å²) in [6.45, 7) is 5.39. The van der Waals surface area contributed by atoms with Crippen LogP contribution in [-0.4, -0.2) is 63.0 Å². The number of carbonyl (C=O) groups excluding carboxylic acids is 1. The molecule has 5 atom stereocenters. The van der Waals surface area contributed by atoms with Crippen molar-refractivity contribution in [2.75, 3.05) is 13.1 Å². The van der Waals surface area contributed by atoms with Crippen LogP contribution in [0.1, 0.15) is 55.7 Å². The molecule has 0 aromatic heterocycles. The number of aliphatic hydroxyl groups is 1. The van der Waals surface area contributed by atoms with E-state index in [2.05, 4.69) is 4.90 Å². The van der Waals surface area contributed by atoms with Crippen LogP contribution >= 0.6 is 0 Å². The summed E-state index contributed by atoms with van der Waals surface area (Å²) in [5, 5.41) is 24.9. The lowest BCUT2D eigenvalue weighted by atomic mass is 9.48. The number of aromatic hydroxyl groups is 1. The van der Waals surface area contributed by atoms with E-state index < -0.39 is 23.2 Å². The topological polar surface area (TPSA) is 82.5 Å². The predicted molar refractivity (Wildman–Crippen MR) is 133 cm³/mol. The van der Waals surface area contributed by atoms with Crippen LogP contribution in [0.4, 0.5) is 0 Å². The number of aryl methyl sites for hydroxylation is 1. The molecule has 2 aliphatic heterocycles. The third-order valence-electron chi connectivity index (χ3n) is 9.63. The highest BCUT2D eigenvalue weighted by Crippen LogP contribution is 2.66. The average Bonchev–Trinajstić information content (AvgIpc) is 3.59. The number of hydrogen-bond donors (Lipinski definition) is 2. The minimum absolute atomic E-state index is 0.00459. The molecule has 2 aromatic carbocycles. The lowest BCUT2D eigenvalue weighted by Gasteiger charge is -2.64. The van der Waals surface area contributed by atoms with Gasteiger partial charge in [-0.25, -0.2) is 0 Å². The summed E-state index contributed by atoms with van der Waals surface area (Å²) in [5.74, 6) is 1.75. The molecule has 2 bridgehead atoms. The monoisotopic (exact) mass is 490 g/mol. The Labute approximate surface area is 211 Å². The highest BCUT2D eigenvalue weighted by molar-refractivity contribution is 5.73. The largest absolute Gasteiger partial charge is 0.504 e. The molecule has 2 N–H and O–H groups in total. The minimum atomic E-state index is -0.988. The molecule has 7 rings (SSSR count). The van der Waals surface area contributed by atoms with Gasteiger partial charge in [0.25, 0.3) is 5.91 Å². The third kappa shape index (κ3) is 2.90. The first-order chi connectivity index (χ1) is 17.3. The van der Waals surface area contributed by atoms with Crippen LogP contribution in [-0.2, 0) is 16.6 Å². The van der Waals surface area contributed by atoms with Crippen molar-refractivity contribution in [3.05, 3.63) is 53.1 Å². The highest BCUT2D eigenvalue weighted by atomic mass is 16.7. The molecular formula is C29H34N2O5. The van der Waals surface area contributed by atoms with Crippen molar-refractivity contribution in [1.82, 2.24) is 9.96 Å². The molecule has 7 nitrogen and oxygen atoms in total. The molecule has 0 radical (unpaired) electrons. The normalized spacial score (nSPS) is 34.0. The third-order valence-corrected chi connectivity index (χ3v) is 9.63. The molecule has 2 aromatic rings. The maximum absolute atomic E-state index is 13.0. The van der Waals surface area contributed by atoms with Crippen LogP contribution < -0.4 is 9.57 Å². The maximum atomic E-state index is 13.0. The number of hydrogen-bond acceptors (Lipinski definition) is 6. The van der Waals surface area contributed by atoms with Gasteiger partial charge in [0.2, 0.25) is 0 Å². The van der Waals surface area contributed by atoms with Crippen LogP contribution in [0.25, 0.3) is 0 Å². The van der Waals surface area contributed by atoms with Crippen LogP contribution in [0.3, 0.4) is 0 Å². The lowest BCUT2D eigenvalue weighted by molar-refractivity contribution is -0.225. The van der Waals surface area contributed by atoms with Crippen LogP contribution in [0, 0.1) is 12.8 Å². The molecule has 7 heteroatoms. The Hall–Kier alpha value is -2.77. The molecular weight excluding hydrogens is 456 g/mol. The number of rotatable bonds is 5. The van der Waals surface area contributed by atoms with E-state index in [1.54, 1.807) is 6.07 Å². The molecule has 1 spiro atoms. The summed E-state index contributed by atoms with van der Waals surface area (Å²) < 4.78 is 6.61. The van der Waals surface area contributed by atoms with Crippen molar-refractivity contribution in [3.8, 4) is 17.2 Å². The maximum Gasteiger partial charge on any atom is 0.252 e. The standard InChI is InChI=1S/C29H34N2O5/c1-17-5-3-4-6-23(17)36-31(18(2)32)21-11-12-29(34)24-15-20-9-10-22(33)26-25(20)28(29,27(21)35-26)13-14-30(24)16-19-7-8-19/h3-6,9-10,19,21,24,27,33-34H,7-8,11-16H2,1-2H3/t21-,24-,27+,28+,29-/m1/s1. The van der Waals surface area contributed by atoms with E-state index in [4.69, 9.17) is 9.57 Å². The number of nitrogens with zero attached hydrogens (tertiary/aromatic N) is 2. The summed E-state index contributed by atoms with van der Waals surface area (Å²) >= 11 is 0. The second-order valence-electron chi connectivity index (χ2n) is 11.6. The minimum Gasteiger partial charge on any atom is -0.504 e. The van der Waals surface area contributed by atoms with Crippen molar-refractivity contribution in [2.45, 2.75) is 81.6 Å². The fraction of sp³-hybridized carbons (Fsp3) is 0.552. The number of ether oxygens (including phenoxy) is 1. The fourth-order valence-electron chi connectivity index (χ4n) is 7.83. The number of phenolic OH excluding ortho intramolecular Hbond substituents is 1. The summed E-state index contributed by atoms with van der Waals surface area (Å²) in [6, 6.07) is 11.0. The number of piperidine rings is 1. The van der Waals surface area contributed by atoms with E-state index in [9.17, 15) is 15.0 Å². The van der Waals surface area contributed by atoms with E-state index in [1.165, 1.54) is 24.8 Å². The van der Waals surface area contributed by atoms with Gasteiger partial charge in [-0.05, 0) is 81.2 Å². The Morgan fingerprint density at radius 2 is 2.00 bits per heavy atom. The molecule has 2 saturated carbocycles. The van der Waals surface area contributed by atoms with E-state index >= 15 is 0 Å². The molecule has 0 unspecified atom stereocenters. The number of phenols is 1. The smallest absolute Gasteiger partial charge is 0.252 e. The second kappa shape index (κ2) is 7.62. The molecule has 36 heavy (non-hydrogen) atoms. The summed E-state index contributed by atoms with van der Waals surface area (Å²) in [7, 11) is 0. The van der Waals surface area contributed by atoms with Crippen molar-refractivity contribution >= 4 is 5.91 Å². The number of carbonyl (C=O) groups is 1. The SMILES string of the molecule is CC(=O)N(Oc1ccccc1C)[C@@H]1CC[C@@]2(O)[C@H]3Cc4ccc(O)c5c4[C@@]2(CCN3CC2CC2)[C@H]1O5. The van der Waals surface area contributed by atoms with Gasteiger partial charge in [-0.2, -0.15) is 5.06 Å². The van der Waals surface area contributed by atoms with Gasteiger partial charge in [-0.15, -0.1) is 0 Å². The van der Waals surface area contributed by atoms with Crippen LogP contribution in [0.15, 0.2) is 36.4 Å². The zero-order valence-electron chi connectivity index (χ0n) is 20.9. The number of hydroxylamine groups is 2. The van der Waals surface area contributed by atoms with E-state index in [0.29, 0.717) is 24.3 Å². The van der Waals surface area contributed by atoms with Crippen molar-refractivity contribution in [2.24, 2.45) is 5.92 Å². The Morgan fingerprint density at radius 1 is 1.19 bits per heavy atom. The molecule has 1 amide bonds. The van der Waals surface area contributed by atoms with Gasteiger partial charge in [-0.1, -0.05) is 24.3 Å². The molecule has 190 valence electrons. The van der Waals surface area contributed by atoms with Crippen molar-refractivity contribution in [1.29, 1.82) is 0 Å². The van der Waals surface area contributed by atoms with Gasteiger partial charge in [0.15, 0.2) is 17.2 Å². The first-order valence-electron chi connectivity index (χ1n) is 13.4. The van der Waals surface area contributed by atoms with Gasteiger partial charge in [-0.3, -0.25) is 9.69 Å². The summed E-state index contributed by atoms with van der Waals surface area (Å²) in [6.07, 6.45) is 4.65. The first kappa shape index (κ1) is 22.4. The summed E-state index contributed by atoms with van der Waals surface area (Å²) in [5.41, 5.74) is 1.37. The number of likely N-dealkylation sites (tertiary alicyclic amines) is 1. The summed E-state index contributed by atoms with van der Waals surface area (Å²) in [4.78, 5) is 21.8. The van der Waals surface area contributed by atoms with Gasteiger partial charge < -0.3 is 19.8 Å². The van der Waals surface area contributed by atoms with Crippen LogP contribution in [0.5, 0.6) is 17.2 Å².